The van der Waals surface area contributed by atoms with Gasteiger partial charge < -0.3 is 5.11 Å². The van der Waals surface area contributed by atoms with Crippen LogP contribution < -0.4 is 10.9 Å². The second-order valence-electron chi connectivity index (χ2n) is 4.81. The van der Waals surface area contributed by atoms with E-state index in [9.17, 15) is 14.7 Å². The van der Waals surface area contributed by atoms with Crippen molar-refractivity contribution in [2.75, 3.05) is 0 Å². The molecule has 0 saturated carbocycles. The lowest BCUT2D eigenvalue weighted by Crippen LogP contribution is -2.41. The zero-order valence-corrected chi connectivity index (χ0v) is 12.4. The number of amides is 2. The van der Waals surface area contributed by atoms with Crippen LogP contribution in [-0.4, -0.2) is 31.9 Å². The molecule has 0 aliphatic heterocycles. The molecule has 0 aliphatic rings. The van der Waals surface area contributed by atoms with Gasteiger partial charge in [0.15, 0.2) is 5.69 Å². The van der Waals surface area contributed by atoms with Gasteiger partial charge in [0.1, 0.15) is 5.75 Å². The highest BCUT2D eigenvalue weighted by atomic mass is 16.3. The number of hydrazine groups is 1. The molecule has 0 bridgehead atoms. The Morgan fingerprint density at radius 3 is 2.33 bits per heavy atom. The van der Waals surface area contributed by atoms with E-state index in [0.29, 0.717) is 0 Å². The quantitative estimate of drug-likeness (QED) is 0.624. The number of aromatic nitrogens is 3. The summed E-state index contributed by atoms with van der Waals surface area (Å²) in [5.74, 6) is -1.45. The van der Waals surface area contributed by atoms with Crippen molar-refractivity contribution in [1.29, 1.82) is 0 Å². The summed E-state index contributed by atoms with van der Waals surface area (Å²) < 4.78 is 1.44. The van der Waals surface area contributed by atoms with Crippen molar-refractivity contribution in [1.82, 2.24) is 25.8 Å². The SMILES string of the molecule is O=C(NNC(=O)c1ccccc1O)c1cn(-c2ccccc2)nn1. The van der Waals surface area contributed by atoms with Crippen molar-refractivity contribution >= 4 is 11.8 Å². The molecule has 1 heterocycles. The number of hydrogen-bond donors (Lipinski definition) is 3. The largest absolute Gasteiger partial charge is 0.507 e. The molecule has 3 rings (SSSR count). The van der Waals surface area contributed by atoms with Crippen LogP contribution in [0.3, 0.4) is 0 Å². The fraction of sp³-hybridized carbons (Fsp3) is 0. The normalized spacial score (nSPS) is 10.2. The monoisotopic (exact) mass is 323 g/mol. The smallest absolute Gasteiger partial charge is 0.291 e. The Balaban J connectivity index is 1.65. The third-order valence-electron chi connectivity index (χ3n) is 3.18. The van der Waals surface area contributed by atoms with Gasteiger partial charge in [-0.25, -0.2) is 4.68 Å². The van der Waals surface area contributed by atoms with Gasteiger partial charge in [-0.2, -0.15) is 0 Å². The molecule has 2 amide bonds. The number of carbonyl (C=O) groups is 2. The topological polar surface area (TPSA) is 109 Å². The van der Waals surface area contributed by atoms with Gasteiger partial charge in [0.25, 0.3) is 11.8 Å². The minimum absolute atomic E-state index is 0.0384. The standard InChI is InChI=1S/C16H13N5O3/c22-14-9-5-4-8-12(14)15(23)18-19-16(24)13-10-21(20-17-13)11-6-2-1-3-7-11/h1-10,22H,(H,18,23)(H,19,24). The molecule has 2 aromatic carbocycles. The zero-order valence-electron chi connectivity index (χ0n) is 12.4. The maximum absolute atomic E-state index is 12.0. The van der Waals surface area contributed by atoms with Gasteiger partial charge in [-0.15, -0.1) is 5.10 Å². The predicted octanol–water partition coefficient (Wildman–Crippen LogP) is 1.05. The number of rotatable bonds is 3. The van der Waals surface area contributed by atoms with Gasteiger partial charge in [-0.05, 0) is 24.3 Å². The number of aromatic hydroxyl groups is 1. The summed E-state index contributed by atoms with van der Waals surface area (Å²) in [4.78, 5) is 23.9. The van der Waals surface area contributed by atoms with E-state index in [-0.39, 0.29) is 17.0 Å². The molecule has 0 aliphatic carbocycles. The molecule has 120 valence electrons. The average molecular weight is 323 g/mol. The highest BCUT2D eigenvalue weighted by Gasteiger charge is 2.14. The third-order valence-corrected chi connectivity index (χ3v) is 3.18. The third kappa shape index (κ3) is 3.22. The maximum Gasteiger partial charge on any atom is 0.291 e. The zero-order chi connectivity index (χ0) is 16.9. The molecule has 0 saturated heterocycles. The van der Waals surface area contributed by atoms with Crippen molar-refractivity contribution in [2.24, 2.45) is 0 Å². The summed E-state index contributed by atoms with van der Waals surface area (Å²) in [6.45, 7) is 0. The number of hydrogen-bond acceptors (Lipinski definition) is 5. The second kappa shape index (κ2) is 6.61. The Bertz CT molecular complexity index is 876. The van der Waals surface area contributed by atoms with E-state index in [1.54, 1.807) is 12.1 Å². The van der Waals surface area contributed by atoms with E-state index in [1.807, 2.05) is 30.3 Å². The predicted molar refractivity (Wildman–Crippen MR) is 84.4 cm³/mol. The summed E-state index contributed by atoms with van der Waals surface area (Å²) >= 11 is 0. The lowest BCUT2D eigenvalue weighted by atomic mass is 10.2. The first kappa shape index (κ1) is 15.2. The van der Waals surface area contributed by atoms with Gasteiger partial charge in [0.2, 0.25) is 0 Å². The van der Waals surface area contributed by atoms with Crippen LogP contribution in [0.25, 0.3) is 5.69 Å². The molecule has 0 fully saturated rings. The Kier molecular flexibility index (Phi) is 4.19. The van der Waals surface area contributed by atoms with Crippen LogP contribution in [0.1, 0.15) is 20.8 Å². The van der Waals surface area contributed by atoms with Crippen LogP contribution in [0.15, 0.2) is 60.8 Å². The number of nitrogens with zero attached hydrogens (tertiary/aromatic N) is 3. The molecule has 0 radical (unpaired) electrons. The van der Waals surface area contributed by atoms with Gasteiger partial charge in [0, 0.05) is 0 Å². The number of phenols is 1. The Morgan fingerprint density at radius 1 is 0.917 bits per heavy atom. The molecular weight excluding hydrogens is 310 g/mol. The first-order chi connectivity index (χ1) is 11.6. The van der Waals surface area contributed by atoms with Gasteiger partial charge in [-0.3, -0.25) is 20.4 Å². The van der Waals surface area contributed by atoms with E-state index >= 15 is 0 Å². The number of carbonyl (C=O) groups excluding carboxylic acids is 2. The van der Waals surface area contributed by atoms with Crippen LogP contribution >= 0.6 is 0 Å². The molecule has 3 N–H and O–H groups in total. The average Bonchev–Trinajstić information content (AvgIpc) is 3.11. The molecule has 0 unspecified atom stereocenters. The van der Waals surface area contributed by atoms with Crippen LogP contribution in [0.4, 0.5) is 0 Å². The van der Waals surface area contributed by atoms with E-state index in [4.69, 9.17) is 0 Å². The van der Waals surface area contributed by atoms with Crippen molar-refractivity contribution in [3.8, 4) is 11.4 Å². The lowest BCUT2D eigenvalue weighted by Gasteiger charge is -2.06. The molecule has 0 atom stereocenters. The highest BCUT2D eigenvalue weighted by molar-refractivity contribution is 5.99. The van der Waals surface area contributed by atoms with Crippen molar-refractivity contribution < 1.29 is 14.7 Å². The number of para-hydroxylation sites is 2. The van der Waals surface area contributed by atoms with E-state index in [2.05, 4.69) is 21.2 Å². The Hall–Kier alpha value is -3.68. The van der Waals surface area contributed by atoms with E-state index in [1.165, 1.54) is 23.0 Å². The lowest BCUT2D eigenvalue weighted by molar-refractivity contribution is 0.0842. The summed E-state index contributed by atoms with van der Waals surface area (Å²) in [5, 5.41) is 17.2. The Morgan fingerprint density at radius 2 is 1.58 bits per heavy atom. The molecule has 3 aromatic rings. The summed E-state index contributed by atoms with van der Waals surface area (Å²) in [6.07, 6.45) is 1.44. The van der Waals surface area contributed by atoms with Gasteiger partial charge in [-0.1, -0.05) is 35.5 Å². The van der Waals surface area contributed by atoms with Crippen molar-refractivity contribution in [3.05, 3.63) is 72.1 Å². The molecule has 0 spiro atoms. The molecular formula is C16H13N5O3. The number of benzene rings is 2. The minimum Gasteiger partial charge on any atom is -0.507 e. The maximum atomic E-state index is 12.0. The Labute approximate surface area is 136 Å². The van der Waals surface area contributed by atoms with Crippen LogP contribution in [0.5, 0.6) is 5.75 Å². The first-order valence-corrected chi connectivity index (χ1v) is 7.01. The fourth-order valence-corrected chi connectivity index (χ4v) is 1.99. The first-order valence-electron chi connectivity index (χ1n) is 7.01. The molecule has 24 heavy (non-hydrogen) atoms. The summed E-state index contributed by atoms with van der Waals surface area (Å²) in [6, 6.07) is 15.2. The van der Waals surface area contributed by atoms with E-state index < -0.39 is 11.8 Å². The van der Waals surface area contributed by atoms with Crippen molar-refractivity contribution in [3.63, 3.8) is 0 Å². The van der Waals surface area contributed by atoms with E-state index in [0.717, 1.165) is 5.69 Å². The minimum atomic E-state index is -0.642. The number of nitrogens with one attached hydrogen (secondary N) is 2. The summed E-state index contributed by atoms with van der Waals surface area (Å²) in [7, 11) is 0. The van der Waals surface area contributed by atoms with Gasteiger partial charge >= 0.3 is 0 Å². The molecule has 1 aromatic heterocycles. The second-order valence-corrected chi connectivity index (χ2v) is 4.81. The fourth-order valence-electron chi connectivity index (χ4n) is 1.99. The van der Waals surface area contributed by atoms with Crippen LogP contribution in [-0.2, 0) is 0 Å². The molecule has 8 nitrogen and oxygen atoms in total. The van der Waals surface area contributed by atoms with Crippen LogP contribution in [0, 0.1) is 0 Å². The molecule has 8 heteroatoms. The van der Waals surface area contributed by atoms with Crippen molar-refractivity contribution in [2.45, 2.75) is 0 Å². The highest BCUT2D eigenvalue weighted by Crippen LogP contribution is 2.14. The number of phenolic OH excluding ortho intramolecular Hbond substituents is 1. The summed E-state index contributed by atoms with van der Waals surface area (Å²) in [5.41, 5.74) is 5.27. The van der Waals surface area contributed by atoms with Gasteiger partial charge in [0.05, 0.1) is 17.4 Å². The van der Waals surface area contributed by atoms with Crippen LogP contribution in [0.2, 0.25) is 0 Å².